The van der Waals surface area contributed by atoms with Gasteiger partial charge in [0.05, 0.1) is 12.1 Å². The smallest absolute Gasteiger partial charge is 0.124 e. The van der Waals surface area contributed by atoms with Crippen molar-refractivity contribution in [1.82, 2.24) is 4.98 Å². The number of benzene rings is 3. The van der Waals surface area contributed by atoms with Gasteiger partial charge in [0.15, 0.2) is 0 Å². The first-order valence-corrected chi connectivity index (χ1v) is 9.42. The summed E-state index contributed by atoms with van der Waals surface area (Å²) in [7, 11) is 0. The van der Waals surface area contributed by atoms with Crippen molar-refractivity contribution in [3.63, 3.8) is 0 Å². The van der Waals surface area contributed by atoms with Crippen molar-refractivity contribution in [3.8, 4) is 5.75 Å². The van der Waals surface area contributed by atoms with Gasteiger partial charge in [-0.2, -0.15) is 0 Å². The quantitative estimate of drug-likeness (QED) is 0.303. The summed E-state index contributed by atoms with van der Waals surface area (Å²) in [5.41, 5.74) is 4.62. The van der Waals surface area contributed by atoms with Gasteiger partial charge in [-0.15, -0.1) is 6.58 Å². The number of allylic oxidation sites excluding steroid dienone is 1. The standard InChI is InChI=1S/C24H24N2O/c1-2-9-21-23(27-17-8-16-25-18-10-4-3-5-11-18)15-14-20-19-12-6-7-13-22(19)26-24(20)21/h2-7,10-15,25-26H,1,8-9,16-17H2. The summed E-state index contributed by atoms with van der Waals surface area (Å²) in [6, 6.07) is 22.9. The third-order valence-electron chi connectivity index (χ3n) is 4.78. The molecule has 0 radical (unpaired) electrons. The summed E-state index contributed by atoms with van der Waals surface area (Å²) in [4.78, 5) is 3.55. The highest BCUT2D eigenvalue weighted by atomic mass is 16.5. The van der Waals surface area contributed by atoms with Crippen LogP contribution in [0, 0.1) is 0 Å². The van der Waals surface area contributed by atoms with Gasteiger partial charge in [-0.1, -0.05) is 42.5 Å². The molecule has 0 aliphatic carbocycles. The van der Waals surface area contributed by atoms with E-state index in [1.165, 1.54) is 16.3 Å². The minimum absolute atomic E-state index is 0.676. The van der Waals surface area contributed by atoms with Crippen LogP contribution in [0.25, 0.3) is 21.8 Å². The van der Waals surface area contributed by atoms with Gasteiger partial charge in [0.25, 0.3) is 0 Å². The number of hydrogen-bond acceptors (Lipinski definition) is 2. The Kier molecular flexibility index (Phi) is 5.10. The number of rotatable bonds is 8. The number of para-hydroxylation sites is 2. The zero-order valence-electron chi connectivity index (χ0n) is 15.4. The lowest BCUT2D eigenvalue weighted by atomic mass is 10.1. The summed E-state index contributed by atoms with van der Waals surface area (Å²) in [5, 5.41) is 5.90. The lowest BCUT2D eigenvalue weighted by molar-refractivity contribution is 0.313. The molecule has 0 aliphatic rings. The van der Waals surface area contributed by atoms with E-state index in [1.807, 2.05) is 24.3 Å². The molecule has 0 fully saturated rings. The first-order chi connectivity index (χ1) is 13.4. The molecule has 2 N–H and O–H groups in total. The Hall–Kier alpha value is -3.20. The number of fused-ring (bicyclic) bond motifs is 3. The molecule has 0 saturated carbocycles. The molecule has 27 heavy (non-hydrogen) atoms. The second-order valence-corrected chi connectivity index (χ2v) is 6.62. The van der Waals surface area contributed by atoms with Crippen LogP contribution in [-0.2, 0) is 6.42 Å². The van der Waals surface area contributed by atoms with Crippen molar-refractivity contribution in [2.45, 2.75) is 12.8 Å². The molecule has 3 aromatic carbocycles. The van der Waals surface area contributed by atoms with Gasteiger partial charge >= 0.3 is 0 Å². The van der Waals surface area contributed by atoms with Crippen LogP contribution in [0.5, 0.6) is 5.75 Å². The van der Waals surface area contributed by atoms with E-state index in [2.05, 4.69) is 65.4 Å². The number of aromatic nitrogens is 1. The number of anilines is 1. The minimum atomic E-state index is 0.676. The summed E-state index contributed by atoms with van der Waals surface area (Å²) < 4.78 is 6.12. The van der Waals surface area contributed by atoms with E-state index in [1.54, 1.807) is 0 Å². The Morgan fingerprint density at radius 3 is 2.59 bits per heavy atom. The third-order valence-corrected chi connectivity index (χ3v) is 4.78. The van der Waals surface area contributed by atoms with Crippen molar-refractivity contribution < 1.29 is 4.74 Å². The van der Waals surface area contributed by atoms with Gasteiger partial charge in [0.2, 0.25) is 0 Å². The number of ether oxygens (including phenoxy) is 1. The van der Waals surface area contributed by atoms with Crippen LogP contribution in [0.3, 0.4) is 0 Å². The third kappa shape index (κ3) is 3.68. The molecule has 4 rings (SSSR count). The van der Waals surface area contributed by atoms with Crippen LogP contribution in [-0.4, -0.2) is 18.1 Å². The Balaban J connectivity index is 1.48. The van der Waals surface area contributed by atoms with Crippen molar-refractivity contribution in [2.75, 3.05) is 18.5 Å². The average Bonchev–Trinajstić information content (AvgIpc) is 3.09. The average molecular weight is 356 g/mol. The van der Waals surface area contributed by atoms with Crippen molar-refractivity contribution >= 4 is 27.5 Å². The van der Waals surface area contributed by atoms with Crippen molar-refractivity contribution in [3.05, 3.63) is 84.9 Å². The molecule has 0 saturated heterocycles. The van der Waals surface area contributed by atoms with Gasteiger partial charge < -0.3 is 15.0 Å². The lowest BCUT2D eigenvalue weighted by Gasteiger charge is -2.12. The monoisotopic (exact) mass is 356 g/mol. The molecule has 1 aromatic heterocycles. The first-order valence-electron chi connectivity index (χ1n) is 9.42. The molecule has 0 atom stereocenters. The molecular formula is C24H24N2O. The Morgan fingerprint density at radius 2 is 1.74 bits per heavy atom. The Bertz CT molecular complexity index is 1050. The molecule has 0 spiro atoms. The predicted molar refractivity (Wildman–Crippen MR) is 115 cm³/mol. The number of aromatic amines is 1. The molecule has 0 aliphatic heterocycles. The van der Waals surface area contributed by atoms with E-state index in [9.17, 15) is 0 Å². The zero-order valence-corrected chi connectivity index (χ0v) is 15.4. The lowest BCUT2D eigenvalue weighted by Crippen LogP contribution is -2.08. The predicted octanol–water partition coefficient (Wildman–Crippen LogP) is 5.93. The van der Waals surface area contributed by atoms with Crippen LogP contribution in [0.1, 0.15) is 12.0 Å². The van der Waals surface area contributed by atoms with Crippen LogP contribution in [0.2, 0.25) is 0 Å². The highest BCUT2D eigenvalue weighted by Gasteiger charge is 2.12. The molecule has 136 valence electrons. The largest absolute Gasteiger partial charge is 0.493 e. The summed E-state index contributed by atoms with van der Waals surface area (Å²) >= 11 is 0. The van der Waals surface area contributed by atoms with E-state index in [0.29, 0.717) is 6.61 Å². The molecule has 3 heteroatoms. The normalized spacial score (nSPS) is 11.0. The highest BCUT2D eigenvalue weighted by Crippen LogP contribution is 2.33. The fourth-order valence-corrected chi connectivity index (χ4v) is 3.48. The van der Waals surface area contributed by atoms with E-state index in [0.717, 1.165) is 41.9 Å². The van der Waals surface area contributed by atoms with E-state index >= 15 is 0 Å². The second kappa shape index (κ2) is 8.00. The van der Waals surface area contributed by atoms with Gasteiger partial charge in [-0.05, 0) is 43.2 Å². The molecular weight excluding hydrogens is 332 g/mol. The Morgan fingerprint density at radius 1 is 0.926 bits per heavy atom. The fraction of sp³-hybridized carbons (Fsp3) is 0.167. The maximum atomic E-state index is 6.12. The second-order valence-electron chi connectivity index (χ2n) is 6.62. The maximum Gasteiger partial charge on any atom is 0.124 e. The number of hydrogen-bond donors (Lipinski definition) is 2. The van der Waals surface area contributed by atoms with E-state index < -0.39 is 0 Å². The maximum absolute atomic E-state index is 6.12. The topological polar surface area (TPSA) is 37.0 Å². The van der Waals surface area contributed by atoms with Gasteiger partial charge in [0.1, 0.15) is 5.75 Å². The SMILES string of the molecule is C=CCc1c(OCCCNc2ccccc2)ccc2c1[nH]c1ccccc12. The summed E-state index contributed by atoms with van der Waals surface area (Å²) in [5.74, 6) is 0.939. The number of nitrogens with one attached hydrogen (secondary N) is 2. The van der Waals surface area contributed by atoms with Crippen LogP contribution in [0.15, 0.2) is 79.4 Å². The van der Waals surface area contributed by atoms with E-state index in [4.69, 9.17) is 4.74 Å². The van der Waals surface area contributed by atoms with Gasteiger partial charge in [-0.25, -0.2) is 0 Å². The van der Waals surface area contributed by atoms with Crippen LogP contribution < -0.4 is 10.1 Å². The highest BCUT2D eigenvalue weighted by molar-refractivity contribution is 6.08. The van der Waals surface area contributed by atoms with Crippen molar-refractivity contribution in [1.29, 1.82) is 0 Å². The van der Waals surface area contributed by atoms with Crippen LogP contribution >= 0.6 is 0 Å². The molecule has 0 unspecified atom stereocenters. The minimum Gasteiger partial charge on any atom is -0.493 e. The Labute approximate surface area is 159 Å². The number of H-pyrrole nitrogens is 1. The molecule has 3 nitrogen and oxygen atoms in total. The van der Waals surface area contributed by atoms with Gasteiger partial charge in [0, 0.05) is 34.1 Å². The fourth-order valence-electron chi connectivity index (χ4n) is 3.48. The molecule has 1 heterocycles. The zero-order chi connectivity index (χ0) is 18.5. The molecule has 0 bridgehead atoms. The first kappa shape index (κ1) is 17.2. The summed E-state index contributed by atoms with van der Waals surface area (Å²) in [6.07, 6.45) is 3.65. The van der Waals surface area contributed by atoms with Crippen molar-refractivity contribution in [2.24, 2.45) is 0 Å². The summed E-state index contributed by atoms with van der Waals surface area (Å²) in [6.45, 7) is 5.48. The molecule has 0 amide bonds. The molecule has 4 aromatic rings. The van der Waals surface area contributed by atoms with Crippen LogP contribution in [0.4, 0.5) is 5.69 Å². The van der Waals surface area contributed by atoms with E-state index in [-0.39, 0.29) is 0 Å². The van der Waals surface area contributed by atoms with Gasteiger partial charge in [-0.3, -0.25) is 0 Å².